The monoisotopic (exact) mass is 260 g/mol. The van der Waals surface area contributed by atoms with Crippen molar-refractivity contribution in [3.63, 3.8) is 0 Å². The van der Waals surface area contributed by atoms with Gasteiger partial charge in [0.2, 0.25) is 0 Å². The highest BCUT2D eigenvalue weighted by Crippen LogP contribution is 2.49. The van der Waals surface area contributed by atoms with Crippen molar-refractivity contribution in [2.45, 2.75) is 39.0 Å². The molecule has 1 aromatic rings. The van der Waals surface area contributed by atoms with Crippen molar-refractivity contribution in [3.8, 4) is 0 Å². The van der Waals surface area contributed by atoms with Crippen molar-refractivity contribution >= 4 is 11.8 Å². The Morgan fingerprint density at radius 2 is 1.63 bits per heavy atom. The van der Waals surface area contributed by atoms with E-state index in [1.165, 1.54) is 12.7 Å². The van der Waals surface area contributed by atoms with Gasteiger partial charge in [-0.05, 0) is 23.8 Å². The molecule has 1 aliphatic rings. The van der Waals surface area contributed by atoms with Crippen LogP contribution in [0.25, 0.3) is 0 Å². The van der Waals surface area contributed by atoms with Crippen molar-refractivity contribution in [1.29, 1.82) is 0 Å². The molecule has 3 nitrogen and oxygen atoms in total. The molecule has 19 heavy (non-hydrogen) atoms. The SMILES string of the molecule is COC(=O)C1(C(=O)c2ccc(C(C)(C)C)cc2)CC1. The molecule has 1 saturated carbocycles. The molecule has 0 aromatic heterocycles. The Balaban J connectivity index is 2.24. The van der Waals surface area contributed by atoms with Crippen molar-refractivity contribution < 1.29 is 14.3 Å². The third kappa shape index (κ3) is 2.42. The molecule has 3 heteroatoms. The molecule has 1 fully saturated rings. The first-order valence-corrected chi connectivity index (χ1v) is 6.55. The van der Waals surface area contributed by atoms with Crippen LogP contribution in [-0.4, -0.2) is 18.9 Å². The van der Waals surface area contributed by atoms with Gasteiger partial charge in [-0.15, -0.1) is 0 Å². The minimum absolute atomic E-state index is 0.0567. The molecule has 0 spiro atoms. The van der Waals surface area contributed by atoms with E-state index >= 15 is 0 Å². The van der Waals surface area contributed by atoms with E-state index in [1.54, 1.807) is 0 Å². The topological polar surface area (TPSA) is 43.4 Å². The van der Waals surface area contributed by atoms with Crippen molar-refractivity contribution in [2.24, 2.45) is 5.41 Å². The summed E-state index contributed by atoms with van der Waals surface area (Å²) in [4.78, 5) is 24.1. The van der Waals surface area contributed by atoms with E-state index < -0.39 is 11.4 Å². The first kappa shape index (κ1) is 13.8. The van der Waals surface area contributed by atoms with Gasteiger partial charge in [0.25, 0.3) is 0 Å². The van der Waals surface area contributed by atoms with Crippen LogP contribution >= 0.6 is 0 Å². The summed E-state index contributed by atoms with van der Waals surface area (Å²) in [5.74, 6) is -0.516. The van der Waals surface area contributed by atoms with Crippen LogP contribution in [0.5, 0.6) is 0 Å². The van der Waals surface area contributed by atoms with Crippen LogP contribution in [-0.2, 0) is 14.9 Å². The first-order valence-electron chi connectivity index (χ1n) is 6.55. The quantitative estimate of drug-likeness (QED) is 0.476. The van der Waals surface area contributed by atoms with Gasteiger partial charge in [0.15, 0.2) is 5.78 Å². The number of Topliss-reactive ketones (excluding diaryl/α,β-unsaturated/α-hetero) is 1. The molecule has 0 atom stereocenters. The molecule has 0 N–H and O–H groups in total. The summed E-state index contributed by atoms with van der Waals surface area (Å²) >= 11 is 0. The highest BCUT2D eigenvalue weighted by Gasteiger charge is 2.57. The molecule has 0 amide bonds. The van der Waals surface area contributed by atoms with Gasteiger partial charge in [0.05, 0.1) is 7.11 Å². The zero-order chi connectivity index (χ0) is 14.3. The normalized spacial score (nSPS) is 16.8. The van der Waals surface area contributed by atoms with E-state index in [-0.39, 0.29) is 11.2 Å². The molecule has 1 aromatic carbocycles. The Hall–Kier alpha value is -1.64. The number of ketones is 1. The molecule has 0 bridgehead atoms. The Bertz CT molecular complexity index is 502. The number of carbonyl (C=O) groups is 2. The van der Waals surface area contributed by atoms with E-state index in [2.05, 4.69) is 20.8 Å². The minimum Gasteiger partial charge on any atom is -0.468 e. The van der Waals surface area contributed by atoms with Crippen LogP contribution in [0, 0.1) is 5.41 Å². The third-order valence-electron chi connectivity index (χ3n) is 3.77. The van der Waals surface area contributed by atoms with Gasteiger partial charge >= 0.3 is 5.97 Å². The van der Waals surface area contributed by atoms with E-state index in [4.69, 9.17) is 4.74 Å². The maximum absolute atomic E-state index is 12.4. The number of benzene rings is 1. The van der Waals surface area contributed by atoms with Gasteiger partial charge in [0, 0.05) is 5.56 Å². The van der Waals surface area contributed by atoms with Crippen molar-refractivity contribution in [3.05, 3.63) is 35.4 Å². The second kappa shape index (κ2) is 4.48. The summed E-state index contributed by atoms with van der Waals surface area (Å²) in [6, 6.07) is 7.54. The average molecular weight is 260 g/mol. The molecule has 0 unspecified atom stereocenters. The molecular weight excluding hydrogens is 240 g/mol. The summed E-state index contributed by atoms with van der Waals surface area (Å²) in [6.07, 6.45) is 1.19. The van der Waals surface area contributed by atoms with E-state index in [1.807, 2.05) is 24.3 Å². The number of hydrogen-bond donors (Lipinski definition) is 0. The fraction of sp³-hybridized carbons (Fsp3) is 0.500. The minimum atomic E-state index is -0.905. The number of ether oxygens (including phenoxy) is 1. The lowest BCUT2D eigenvalue weighted by Gasteiger charge is -2.19. The number of hydrogen-bond acceptors (Lipinski definition) is 3. The Kier molecular flexibility index (Phi) is 3.25. The second-order valence-corrected chi connectivity index (χ2v) is 6.23. The second-order valence-electron chi connectivity index (χ2n) is 6.23. The van der Waals surface area contributed by atoms with Crippen LogP contribution in [0.2, 0.25) is 0 Å². The van der Waals surface area contributed by atoms with Crippen LogP contribution in [0.3, 0.4) is 0 Å². The van der Waals surface area contributed by atoms with Gasteiger partial charge in [-0.2, -0.15) is 0 Å². The zero-order valence-corrected chi connectivity index (χ0v) is 11.9. The van der Waals surface area contributed by atoms with Crippen LogP contribution < -0.4 is 0 Å². The highest BCUT2D eigenvalue weighted by atomic mass is 16.5. The maximum atomic E-state index is 12.4. The van der Waals surface area contributed by atoms with E-state index in [9.17, 15) is 9.59 Å². The number of carbonyl (C=O) groups excluding carboxylic acids is 2. The molecule has 0 heterocycles. The molecule has 2 rings (SSSR count). The van der Waals surface area contributed by atoms with E-state index in [0.29, 0.717) is 18.4 Å². The molecule has 0 saturated heterocycles. The number of rotatable bonds is 3. The van der Waals surface area contributed by atoms with Gasteiger partial charge in [0.1, 0.15) is 5.41 Å². The molecule has 0 radical (unpaired) electrons. The van der Waals surface area contributed by atoms with Crippen LogP contribution in [0.4, 0.5) is 0 Å². The summed E-state index contributed by atoms with van der Waals surface area (Å²) in [5, 5.41) is 0. The standard InChI is InChI=1S/C16H20O3/c1-15(2,3)12-7-5-11(6-8-12)13(17)16(9-10-16)14(18)19-4/h5-8H,9-10H2,1-4H3. The predicted molar refractivity (Wildman–Crippen MR) is 73.2 cm³/mol. The largest absolute Gasteiger partial charge is 0.468 e. The van der Waals surface area contributed by atoms with Gasteiger partial charge < -0.3 is 4.74 Å². The first-order chi connectivity index (χ1) is 8.81. The summed E-state index contributed by atoms with van der Waals surface area (Å²) in [7, 11) is 1.33. The highest BCUT2D eigenvalue weighted by molar-refractivity contribution is 6.14. The Morgan fingerprint density at radius 3 is 2.00 bits per heavy atom. The zero-order valence-electron chi connectivity index (χ0n) is 11.9. The maximum Gasteiger partial charge on any atom is 0.319 e. The average Bonchev–Trinajstić information content (AvgIpc) is 3.17. The smallest absolute Gasteiger partial charge is 0.319 e. The molecular formula is C16H20O3. The summed E-state index contributed by atoms with van der Waals surface area (Å²) in [6.45, 7) is 6.38. The van der Waals surface area contributed by atoms with Crippen molar-refractivity contribution in [1.82, 2.24) is 0 Å². The lowest BCUT2D eigenvalue weighted by Crippen LogP contribution is -2.27. The van der Waals surface area contributed by atoms with Crippen LogP contribution in [0.1, 0.15) is 49.5 Å². The van der Waals surface area contributed by atoms with E-state index in [0.717, 1.165) is 0 Å². The molecule has 0 aliphatic heterocycles. The number of methoxy groups -OCH3 is 1. The van der Waals surface area contributed by atoms with Crippen molar-refractivity contribution in [2.75, 3.05) is 7.11 Å². The molecule has 1 aliphatic carbocycles. The summed E-state index contributed by atoms with van der Waals surface area (Å²) in [5.41, 5.74) is 0.919. The lowest BCUT2D eigenvalue weighted by molar-refractivity contribution is -0.145. The third-order valence-corrected chi connectivity index (χ3v) is 3.77. The van der Waals surface area contributed by atoms with Gasteiger partial charge in [-0.3, -0.25) is 9.59 Å². The Morgan fingerprint density at radius 1 is 1.11 bits per heavy atom. The van der Waals surface area contributed by atoms with Gasteiger partial charge in [-0.1, -0.05) is 45.0 Å². The lowest BCUT2D eigenvalue weighted by atomic mass is 9.85. The van der Waals surface area contributed by atoms with Gasteiger partial charge in [-0.25, -0.2) is 0 Å². The fourth-order valence-electron chi connectivity index (χ4n) is 2.24. The molecule has 102 valence electrons. The number of esters is 1. The predicted octanol–water partition coefficient (Wildman–Crippen LogP) is 3.12. The summed E-state index contributed by atoms with van der Waals surface area (Å²) < 4.78 is 4.74. The fourth-order valence-corrected chi connectivity index (χ4v) is 2.24. The van der Waals surface area contributed by atoms with Crippen LogP contribution in [0.15, 0.2) is 24.3 Å². The Labute approximate surface area is 114 Å².